The molecule has 0 radical (unpaired) electrons. The van der Waals surface area contributed by atoms with Crippen LogP contribution >= 0.6 is 0 Å². The fourth-order valence-electron chi connectivity index (χ4n) is 2.09. The van der Waals surface area contributed by atoms with Gasteiger partial charge in [-0.3, -0.25) is 14.4 Å². The molecule has 0 aliphatic rings. The van der Waals surface area contributed by atoms with Crippen LogP contribution in [0.3, 0.4) is 0 Å². The standard InChI is InChI=1S/C16H19N3O4/c1-16(2,3)17-13(20)9-23-14(21)8-12-10-6-4-5-7-11(10)15(22)19-18-12/h4-7H,8-9H2,1-3H3,(H,17,20)(H,19,22). The van der Waals surface area contributed by atoms with Crippen LogP contribution in [-0.4, -0.2) is 34.2 Å². The van der Waals surface area contributed by atoms with Crippen molar-refractivity contribution in [2.75, 3.05) is 6.61 Å². The van der Waals surface area contributed by atoms with Crippen LogP contribution in [-0.2, 0) is 20.7 Å². The van der Waals surface area contributed by atoms with Gasteiger partial charge in [-0.1, -0.05) is 18.2 Å². The van der Waals surface area contributed by atoms with Crippen LogP contribution < -0.4 is 10.9 Å². The van der Waals surface area contributed by atoms with Crippen LogP contribution in [0.25, 0.3) is 10.8 Å². The van der Waals surface area contributed by atoms with Gasteiger partial charge in [-0.15, -0.1) is 0 Å². The number of hydrogen-bond donors (Lipinski definition) is 2. The zero-order valence-electron chi connectivity index (χ0n) is 13.3. The summed E-state index contributed by atoms with van der Waals surface area (Å²) >= 11 is 0. The Morgan fingerprint density at radius 3 is 2.52 bits per heavy atom. The van der Waals surface area contributed by atoms with Gasteiger partial charge < -0.3 is 10.1 Å². The number of esters is 1. The first kappa shape index (κ1) is 16.7. The molecule has 2 N–H and O–H groups in total. The molecule has 7 heteroatoms. The lowest BCUT2D eigenvalue weighted by atomic mass is 10.1. The van der Waals surface area contributed by atoms with Crippen molar-refractivity contribution in [3.63, 3.8) is 0 Å². The highest BCUT2D eigenvalue weighted by atomic mass is 16.5. The molecule has 0 saturated heterocycles. The summed E-state index contributed by atoms with van der Waals surface area (Å²) in [6, 6.07) is 6.86. The largest absolute Gasteiger partial charge is 0.455 e. The summed E-state index contributed by atoms with van der Waals surface area (Å²) in [4.78, 5) is 35.2. The van der Waals surface area contributed by atoms with Gasteiger partial charge in [0.2, 0.25) is 0 Å². The average Bonchev–Trinajstić information content (AvgIpc) is 2.47. The van der Waals surface area contributed by atoms with Crippen molar-refractivity contribution in [3.05, 3.63) is 40.3 Å². The summed E-state index contributed by atoms with van der Waals surface area (Å²) in [5.41, 5.74) is -0.302. The molecule has 0 spiro atoms. The van der Waals surface area contributed by atoms with E-state index in [9.17, 15) is 14.4 Å². The Kier molecular flexibility index (Phi) is 4.78. The van der Waals surface area contributed by atoms with Gasteiger partial charge in [0.1, 0.15) is 0 Å². The third kappa shape index (κ3) is 4.64. The Morgan fingerprint density at radius 1 is 1.22 bits per heavy atom. The minimum absolute atomic E-state index is 0.125. The number of aromatic nitrogens is 2. The molecule has 0 aliphatic carbocycles. The molecule has 2 aromatic rings. The van der Waals surface area contributed by atoms with Crippen molar-refractivity contribution >= 4 is 22.6 Å². The average molecular weight is 317 g/mol. The number of aromatic amines is 1. The van der Waals surface area contributed by atoms with E-state index in [0.717, 1.165) is 0 Å². The lowest BCUT2D eigenvalue weighted by Crippen LogP contribution is -2.42. The van der Waals surface area contributed by atoms with Gasteiger partial charge in [0, 0.05) is 10.9 Å². The molecule has 7 nitrogen and oxygen atoms in total. The quantitative estimate of drug-likeness (QED) is 0.817. The predicted octanol–water partition coefficient (Wildman–Crippen LogP) is 0.923. The Balaban J connectivity index is 2.03. The van der Waals surface area contributed by atoms with Crippen molar-refractivity contribution in [1.82, 2.24) is 15.5 Å². The molecule has 23 heavy (non-hydrogen) atoms. The van der Waals surface area contributed by atoms with E-state index in [-0.39, 0.29) is 30.0 Å². The summed E-state index contributed by atoms with van der Waals surface area (Å²) in [6.07, 6.45) is -0.125. The van der Waals surface area contributed by atoms with Crippen LogP contribution in [0.4, 0.5) is 0 Å². The number of benzene rings is 1. The summed E-state index contributed by atoms with van der Waals surface area (Å²) in [7, 11) is 0. The maximum atomic E-state index is 11.9. The molecule has 0 unspecified atom stereocenters. The molecule has 1 heterocycles. The van der Waals surface area contributed by atoms with Gasteiger partial charge in [-0.2, -0.15) is 5.10 Å². The van der Waals surface area contributed by atoms with E-state index < -0.39 is 5.97 Å². The number of carbonyl (C=O) groups is 2. The van der Waals surface area contributed by atoms with Crippen LogP contribution in [0.2, 0.25) is 0 Å². The van der Waals surface area contributed by atoms with E-state index in [1.54, 1.807) is 24.3 Å². The minimum atomic E-state index is -0.584. The first-order chi connectivity index (χ1) is 10.8. The molecule has 1 aromatic heterocycles. The zero-order valence-corrected chi connectivity index (χ0v) is 13.3. The lowest BCUT2D eigenvalue weighted by Gasteiger charge is -2.20. The van der Waals surface area contributed by atoms with E-state index in [4.69, 9.17) is 4.74 Å². The maximum Gasteiger partial charge on any atom is 0.312 e. The third-order valence-electron chi connectivity index (χ3n) is 2.97. The molecular formula is C16H19N3O4. The second kappa shape index (κ2) is 6.60. The Hall–Kier alpha value is -2.70. The fourth-order valence-corrected chi connectivity index (χ4v) is 2.09. The molecule has 122 valence electrons. The van der Waals surface area contributed by atoms with Crippen molar-refractivity contribution in [2.24, 2.45) is 0 Å². The first-order valence-electron chi connectivity index (χ1n) is 7.19. The fraction of sp³-hybridized carbons (Fsp3) is 0.375. The zero-order chi connectivity index (χ0) is 17.0. The molecule has 0 bridgehead atoms. The number of amides is 1. The van der Waals surface area contributed by atoms with Crippen molar-refractivity contribution in [1.29, 1.82) is 0 Å². The van der Waals surface area contributed by atoms with Gasteiger partial charge in [0.05, 0.1) is 17.5 Å². The Labute approximate surface area is 133 Å². The Morgan fingerprint density at radius 2 is 1.87 bits per heavy atom. The number of rotatable bonds is 4. The predicted molar refractivity (Wildman–Crippen MR) is 84.9 cm³/mol. The van der Waals surface area contributed by atoms with E-state index in [1.807, 2.05) is 20.8 Å². The summed E-state index contributed by atoms with van der Waals surface area (Å²) in [5, 5.41) is 9.99. The van der Waals surface area contributed by atoms with Gasteiger partial charge in [0.15, 0.2) is 6.61 Å². The van der Waals surface area contributed by atoms with Gasteiger partial charge >= 0.3 is 5.97 Å². The molecule has 1 aromatic carbocycles. The van der Waals surface area contributed by atoms with E-state index in [1.165, 1.54) is 0 Å². The number of fused-ring (bicyclic) bond motifs is 1. The molecule has 2 rings (SSSR count). The monoisotopic (exact) mass is 317 g/mol. The number of hydrogen-bond acceptors (Lipinski definition) is 5. The maximum absolute atomic E-state index is 11.9. The highest BCUT2D eigenvalue weighted by Crippen LogP contribution is 2.13. The van der Waals surface area contributed by atoms with Crippen molar-refractivity contribution in [2.45, 2.75) is 32.7 Å². The summed E-state index contributed by atoms with van der Waals surface area (Å²) in [5.74, 6) is -0.955. The van der Waals surface area contributed by atoms with E-state index in [0.29, 0.717) is 16.5 Å². The second-order valence-corrected chi connectivity index (χ2v) is 6.18. The van der Waals surface area contributed by atoms with Gasteiger partial charge in [0.25, 0.3) is 11.5 Å². The number of nitrogens with one attached hydrogen (secondary N) is 2. The molecule has 0 atom stereocenters. The van der Waals surface area contributed by atoms with Gasteiger partial charge in [-0.05, 0) is 26.8 Å². The van der Waals surface area contributed by atoms with Crippen LogP contribution in [0.5, 0.6) is 0 Å². The number of carbonyl (C=O) groups excluding carboxylic acids is 2. The highest BCUT2D eigenvalue weighted by molar-refractivity contribution is 5.87. The smallest absolute Gasteiger partial charge is 0.312 e. The number of nitrogens with zero attached hydrogens (tertiary/aromatic N) is 1. The third-order valence-corrected chi connectivity index (χ3v) is 2.97. The van der Waals surface area contributed by atoms with E-state index >= 15 is 0 Å². The Bertz CT molecular complexity index is 790. The van der Waals surface area contributed by atoms with E-state index in [2.05, 4.69) is 15.5 Å². The lowest BCUT2D eigenvalue weighted by molar-refractivity contribution is -0.148. The SMILES string of the molecule is CC(C)(C)NC(=O)COC(=O)Cc1n[nH]c(=O)c2ccccc12. The molecular weight excluding hydrogens is 298 g/mol. The summed E-state index contributed by atoms with van der Waals surface area (Å²) < 4.78 is 4.95. The highest BCUT2D eigenvalue weighted by Gasteiger charge is 2.16. The van der Waals surface area contributed by atoms with Gasteiger partial charge in [-0.25, -0.2) is 5.10 Å². The topological polar surface area (TPSA) is 101 Å². The first-order valence-corrected chi connectivity index (χ1v) is 7.19. The van der Waals surface area contributed by atoms with Crippen LogP contribution in [0.1, 0.15) is 26.5 Å². The molecule has 1 amide bonds. The summed E-state index contributed by atoms with van der Waals surface area (Å²) in [6.45, 7) is 5.16. The van der Waals surface area contributed by atoms with Crippen molar-refractivity contribution < 1.29 is 14.3 Å². The number of ether oxygens (including phenoxy) is 1. The molecule has 0 saturated carbocycles. The van der Waals surface area contributed by atoms with Crippen LogP contribution in [0, 0.1) is 0 Å². The number of H-pyrrole nitrogens is 1. The molecule has 0 fully saturated rings. The molecule has 0 aliphatic heterocycles. The minimum Gasteiger partial charge on any atom is -0.455 e. The van der Waals surface area contributed by atoms with Crippen molar-refractivity contribution in [3.8, 4) is 0 Å². The van der Waals surface area contributed by atoms with Crippen LogP contribution in [0.15, 0.2) is 29.1 Å². The normalized spacial score (nSPS) is 11.3. The second-order valence-electron chi connectivity index (χ2n) is 6.18.